The summed E-state index contributed by atoms with van der Waals surface area (Å²) in [4.78, 5) is 17.4. The summed E-state index contributed by atoms with van der Waals surface area (Å²) in [6, 6.07) is 6.78. The standard InChI is InChI=1S/C21H15ClF5N5O/c22-14-5-4-13(9-15(14)24)29-19-17(11-2-1-3-12(23)8-11)30-16-10-31(6-7-32(16)19)20(33)18(28)21(25,26)27/h1-9,18,29H,10,28H2. The topological polar surface area (TPSA) is 76.2 Å². The molecule has 33 heavy (non-hydrogen) atoms. The summed E-state index contributed by atoms with van der Waals surface area (Å²) in [5.41, 5.74) is 5.92. The molecular formula is C21H15ClF5N5O. The van der Waals surface area contributed by atoms with Crippen LogP contribution in [0, 0.1) is 11.6 Å². The Kier molecular flexibility index (Phi) is 5.85. The average Bonchev–Trinajstić information content (AvgIpc) is 3.12. The number of carbonyl (C=O) groups excluding carboxylic acids is 1. The number of halogens is 6. The lowest BCUT2D eigenvalue weighted by atomic mass is 10.1. The van der Waals surface area contributed by atoms with E-state index in [1.807, 2.05) is 0 Å². The second kappa shape index (κ2) is 8.49. The molecule has 1 amide bonds. The molecule has 1 aliphatic heterocycles. The number of benzene rings is 2. The maximum Gasteiger partial charge on any atom is 0.412 e. The number of imidazole rings is 1. The normalized spacial score (nSPS) is 14.2. The fourth-order valence-electron chi connectivity index (χ4n) is 3.24. The van der Waals surface area contributed by atoms with Gasteiger partial charge in [0.2, 0.25) is 0 Å². The van der Waals surface area contributed by atoms with Crippen molar-refractivity contribution in [3.05, 3.63) is 71.1 Å². The fraction of sp³-hybridized carbons (Fsp3) is 0.143. The molecule has 3 N–H and O–H groups in total. The molecule has 6 nitrogen and oxygen atoms in total. The summed E-state index contributed by atoms with van der Waals surface area (Å²) in [5, 5.41) is 2.89. The van der Waals surface area contributed by atoms with Gasteiger partial charge in [-0.25, -0.2) is 13.8 Å². The zero-order valence-electron chi connectivity index (χ0n) is 16.6. The van der Waals surface area contributed by atoms with Gasteiger partial charge >= 0.3 is 6.18 Å². The molecule has 1 unspecified atom stereocenters. The third-order valence-corrected chi connectivity index (χ3v) is 5.18. The molecule has 0 radical (unpaired) electrons. The first-order valence-electron chi connectivity index (χ1n) is 9.45. The lowest BCUT2D eigenvalue weighted by Crippen LogP contribution is -2.50. The number of aromatic nitrogens is 2. The first-order valence-corrected chi connectivity index (χ1v) is 9.82. The van der Waals surface area contributed by atoms with Crippen molar-refractivity contribution >= 4 is 35.2 Å². The summed E-state index contributed by atoms with van der Waals surface area (Å²) in [6.07, 6.45) is -2.47. The largest absolute Gasteiger partial charge is 0.412 e. The van der Waals surface area contributed by atoms with Crippen LogP contribution in [0.3, 0.4) is 0 Å². The average molecular weight is 484 g/mol. The van der Waals surface area contributed by atoms with Crippen LogP contribution in [0.1, 0.15) is 5.82 Å². The molecule has 0 aliphatic carbocycles. The Morgan fingerprint density at radius 1 is 1.15 bits per heavy atom. The molecule has 172 valence electrons. The van der Waals surface area contributed by atoms with Crippen molar-refractivity contribution in [2.45, 2.75) is 18.8 Å². The van der Waals surface area contributed by atoms with Crippen LogP contribution in [0.15, 0.2) is 48.7 Å². The Bertz CT molecular complexity index is 1260. The highest BCUT2D eigenvalue weighted by atomic mass is 35.5. The smallest absolute Gasteiger partial charge is 0.339 e. The van der Waals surface area contributed by atoms with Crippen molar-refractivity contribution in [1.29, 1.82) is 0 Å². The monoisotopic (exact) mass is 483 g/mol. The van der Waals surface area contributed by atoms with Crippen molar-refractivity contribution in [2.24, 2.45) is 5.73 Å². The van der Waals surface area contributed by atoms with Crippen molar-refractivity contribution < 1.29 is 26.7 Å². The highest BCUT2D eigenvalue weighted by molar-refractivity contribution is 6.30. The van der Waals surface area contributed by atoms with Gasteiger partial charge in [-0.3, -0.25) is 9.36 Å². The highest BCUT2D eigenvalue weighted by Gasteiger charge is 2.44. The van der Waals surface area contributed by atoms with E-state index in [9.17, 15) is 26.7 Å². The summed E-state index contributed by atoms with van der Waals surface area (Å²) >= 11 is 5.72. The van der Waals surface area contributed by atoms with Gasteiger partial charge in [-0.1, -0.05) is 23.7 Å². The van der Waals surface area contributed by atoms with E-state index in [4.69, 9.17) is 17.3 Å². The predicted molar refractivity (Wildman–Crippen MR) is 112 cm³/mol. The van der Waals surface area contributed by atoms with Crippen LogP contribution >= 0.6 is 11.6 Å². The molecule has 3 aromatic rings. The number of rotatable bonds is 4. The van der Waals surface area contributed by atoms with Crippen LogP contribution in [0.5, 0.6) is 0 Å². The molecule has 0 saturated carbocycles. The van der Waals surface area contributed by atoms with Crippen LogP contribution in [0.25, 0.3) is 17.5 Å². The number of anilines is 2. The van der Waals surface area contributed by atoms with Crippen LogP contribution < -0.4 is 11.1 Å². The predicted octanol–water partition coefficient (Wildman–Crippen LogP) is 4.89. The summed E-state index contributed by atoms with van der Waals surface area (Å²) in [6.45, 7) is -0.321. The van der Waals surface area contributed by atoms with E-state index in [1.165, 1.54) is 41.1 Å². The van der Waals surface area contributed by atoms with Gasteiger partial charge in [-0.15, -0.1) is 0 Å². The highest BCUT2D eigenvalue weighted by Crippen LogP contribution is 2.34. The summed E-state index contributed by atoms with van der Waals surface area (Å²) in [5.74, 6) is -2.11. The van der Waals surface area contributed by atoms with E-state index in [1.54, 1.807) is 6.07 Å². The quantitative estimate of drug-likeness (QED) is 0.518. The third kappa shape index (κ3) is 4.55. The molecule has 12 heteroatoms. The summed E-state index contributed by atoms with van der Waals surface area (Å²) < 4.78 is 67.9. The molecule has 4 rings (SSSR count). The van der Waals surface area contributed by atoms with Crippen LogP contribution in [0.2, 0.25) is 5.02 Å². The number of nitrogens with zero attached hydrogens (tertiary/aromatic N) is 3. The molecule has 2 heterocycles. The molecule has 1 aliphatic rings. The molecule has 0 bridgehead atoms. The van der Waals surface area contributed by atoms with Gasteiger partial charge in [0.15, 0.2) is 6.04 Å². The van der Waals surface area contributed by atoms with E-state index in [0.29, 0.717) is 11.3 Å². The Morgan fingerprint density at radius 2 is 1.91 bits per heavy atom. The maximum atomic E-state index is 13.9. The van der Waals surface area contributed by atoms with Crippen LogP contribution in [-0.4, -0.2) is 32.6 Å². The lowest BCUT2D eigenvalue weighted by Gasteiger charge is -2.26. The maximum absolute atomic E-state index is 13.9. The van der Waals surface area contributed by atoms with Gasteiger partial charge in [0, 0.05) is 23.7 Å². The van der Waals surface area contributed by atoms with Gasteiger partial charge in [0.1, 0.15) is 29.0 Å². The molecule has 1 atom stereocenters. The first-order chi connectivity index (χ1) is 15.5. The van der Waals surface area contributed by atoms with E-state index < -0.39 is 29.8 Å². The minimum absolute atomic E-state index is 0.0868. The van der Waals surface area contributed by atoms with Gasteiger partial charge in [0.25, 0.3) is 5.91 Å². The second-order valence-corrected chi connectivity index (χ2v) is 7.55. The Hall–Kier alpha value is -3.44. The zero-order valence-corrected chi connectivity index (χ0v) is 17.3. The van der Waals surface area contributed by atoms with Gasteiger partial charge in [-0.2, -0.15) is 13.2 Å². The van der Waals surface area contributed by atoms with E-state index >= 15 is 0 Å². The SMILES string of the molecule is NC(C(=O)N1C=Cn2c(nc(-c3cccc(F)c3)c2Nc2ccc(Cl)c(F)c2)C1)C(F)(F)F. The Balaban J connectivity index is 1.75. The van der Waals surface area contributed by atoms with Crippen molar-refractivity contribution in [1.82, 2.24) is 14.5 Å². The minimum Gasteiger partial charge on any atom is -0.339 e. The van der Waals surface area contributed by atoms with Crippen LogP contribution in [0.4, 0.5) is 33.5 Å². The third-order valence-electron chi connectivity index (χ3n) is 4.87. The van der Waals surface area contributed by atoms with Crippen molar-refractivity contribution in [2.75, 3.05) is 5.32 Å². The molecule has 0 saturated heterocycles. The second-order valence-electron chi connectivity index (χ2n) is 7.14. The van der Waals surface area contributed by atoms with Crippen LogP contribution in [-0.2, 0) is 11.3 Å². The van der Waals surface area contributed by atoms with E-state index in [-0.39, 0.29) is 28.9 Å². The molecule has 0 spiro atoms. The fourth-order valence-corrected chi connectivity index (χ4v) is 3.36. The van der Waals surface area contributed by atoms with Gasteiger partial charge in [-0.05, 0) is 30.3 Å². The number of nitrogens with one attached hydrogen (secondary N) is 1. The number of alkyl halides is 3. The lowest BCUT2D eigenvalue weighted by molar-refractivity contribution is -0.168. The number of nitrogens with two attached hydrogens (primary N) is 1. The van der Waals surface area contributed by atoms with E-state index in [2.05, 4.69) is 10.3 Å². The van der Waals surface area contributed by atoms with E-state index in [0.717, 1.165) is 17.2 Å². The Morgan fingerprint density at radius 3 is 2.58 bits per heavy atom. The number of fused-ring (bicyclic) bond motifs is 1. The first kappa shape index (κ1) is 22.7. The minimum atomic E-state index is -4.91. The zero-order chi connectivity index (χ0) is 23.9. The molecular weight excluding hydrogens is 469 g/mol. The van der Waals surface area contributed by atoms with Crippen molar-refractivity contribution in [3.8, 4) is 11.3 Å². The Labute approximate surface area is 189 Å². The molecule has 1 aromatic heterocycles. The number of hydrogen-bond acceptors (Lipinski definition) is 4. The molecule has 0 fully saturated rings. The summed E-state index contributed by atoms with van der Waals surface area (Å²) in [7, 11) is 0. The number of hydrogen-bond donors (Lipinski definition) is 2. The number of carbonyl (C=O) groups is 1. The number of amides is 1. The van der Waals surface area contributed by atoms with Crippen molar-refractivity contribution in [3.63, 3.8) is 0 Å². The van der Waals surface area contributed by atoms with Gasteiger partial charge < -0.3 is 16.0 Å². The van der Waals surface area contributed by atoms with Gasteiger partial charge in [0.05, 0.1) is 11.6 Å². The molecule has 2 aromatic carbocycles.